The molecule has 0 radical (unpaired) electrons. The van der Waals surface area contributed by atoms with Crippen LogP contribution in [0, 0.1) is 5.21 Å². The second-order valence-electron chi connectivity index (χ2n) is 4.86. The molecule has 0 N–H and O–H groups in total. The Morgan fingerprint density at radius 2 is 1.50 bits per heavy atom. The standard InChI is InChI=1S/C17H19NO2/c1-13(2)18(19)17(14-7-5-4-6-8-14)15-9-11-16(20-3)12-10-15/h4-13H,1-3H3/b18-17+. The Kier molecular flexibility index (Phi) is 4.41. The van der Waals surface area contributed by atoms with Crippen molar-refractivity contribution in [2.45, 2.75) is 19.9 Å². The van der Waals surface area contributed by atoms with Crippen LogP contribution in [0.25, 0.3) is 0 Å². The Balaban J connectivity index is 2.55. The van der Waals surface area contributed by atoms with Crippen LogP contribution in [-0.4, -0.2) is 23.6 Å². The first-order valence-corrected chi connectivity index (χ1v) is 6.66. The van der Waals surface area contributed by atoms with Crippen LogP contribution in [0.2, 0.25) is 0 Å². The third-order valence-corrected chi connectivity index (χ3v) is 3.10. The molecular formula is C17H19NO2. The molecule has 0 aliphatic rings. The van der Waals surface area contributed by atoms with Gasteiger partial charge in [0.05, 0.1) is 7.11 Å². The van der Waals surface area contributed by atoms with Crippen LogP contribution < -0.4 is 4.74 Å². The van der Waals surface area contributed by atoms with Crippen molar-refractivity contribution < 1.29 is 9.48 Å². The minimum atomic E-state index is -0.118. The lowest BCUT2D eigenvalue weighted by atomic mass is 10.0. The SMILES string of the molecule is COc1ccc(/C(c2ccccc2)=[N+](/[O-])C(C)C)cc1. The zero-order chi connectivity index (χ0) is 14.5. The topological polar surface area (TPSA) is 35.3 Å². The Hall–Kier alpha value is -2.29. The fourth-order valence-corrected chi connectivity index (χ4v) is 2.02. The summed E-state index contributed by atoms with van der Waals surface area (Å²) in [5.41, 5.74) is 2.49. The number of hydrogen-bond acceptors (Lipinski definition) is 2. The first kappa shape index (κ1) is 14.1. The molecule has 0 aliphatic carbocycles. The van der Waals surface area contributed by atoms with Crippen molar-refractivity contribution in [1.29, 1.82) is 0 Å². The highest BCUT2D eigenvalue weighted by molar-refractivity contribution is 6.09. The second kappa shape index (κ2) is 6.24. The molecule has 0 fully saturated rings. The molecule has 0 bridgehead atoms. The molecule has 0 amide bonds. The van der Waals surface area contributed by atoms with Crippen molar-refractivity contribution in [1.82, 2.24) is 0 Å². The molecule has 0 unspecified atom stereocenters. The van der Waals surface area contributed by atoms with Crippen LogP contribution in [-0.2, 0) is 0 Å². The minimum Gasteiger partial charge on any atom is -0.623 e. The van der Waals surface area contributed by atoms with E-state index in [1.54, 1.807) is 7.11 Å². The zero-order valence-electron chi connectivity index (χ0n) is 12.0. The summed E-state index contributed by atoms with van der Waals surface area (Å²) in [5, 5.41) is 12.4. The van der Waals surface area contributed by atoms with E-state index >= 15 is 0 Å². The molecule has 0 aliphatic heterocycles. The van der Waals surface area contributed by atoms with Crippen LogP contribution in [0.4, 0.5) is 0 Å². The van der Waals surface area contributed by atoms with E-state index in [2.05, 4.69) is 0 Å². The lowest BCUT2D eigenvalue weighted by Gasteiger charge is -2.15. The van der Waals surface area contributed by atoms with Gasteiger partial charge in [-0.3, -0.25) is 0 Å². The highest BCUT2D eigenvalue weighted by Gasteiger charge is 2.17. The summed E-state index contributed by atoms with van der Waals surface area (Å²) in [7, 11) is 1.63. The number of rotatable bonds is 4. The molecule has 0 saturated carbocycles. The van der Waals surface area contributed by atoms with Gasteiger partial charge in [0.15, 0.2) is 6.04 Å². The van der Waals surface area contributed by atoms with E-state index in [0.29, 0.717) is 5.71 Å². The van der Waals surface area contributed by atoms with Gasteiger partial charge < -0.3 is 9.94 Å². The number of hydrogen-bond donors (Lipinski definition) is 0. The molecule has 0 spiro atoms. The highest BCUT2D eigenvalue weighted by Crippen LogP contribution is 2.16. The van der Waals surface area contributed by atoms with Gasteiger partial charge in [-0.25, -0.2) is 4.74 Å². The summed E-state index contributed by atoms with van der Waals surface area (Å²) in [6.45, 7) is 3.78. The molecule has 2 aromatic rings. The van der Waals surface area contributed by atoms with Crippen molar-refractivity contribution >= 4 is 5.71 Å². The normalized spacial score (nSPS) is 12.2. The lowest BCUT2D eigenvalue weighted by Crippen LogP contribution is -2.24. The van der Waals surface area contributed by atoms with Crippen molar-refractivity contribution in [2.24, 2.45) is 0 Å². The average Bonchev–Trinajstić information content (AvgIpc) is 2.49. The molecule has 3 heteroatoms. The summed E-state index contributed by atoms with van der Waals surface area (Å²) in [4.78, 5) is 0. The summed E-state index contributed by atoms with van der Waals surface area (Å²) in [6, 6.07) is 17.2. The third-order valence-electron chi connectivity index (χ3n) is 3.10. The van der Waals surface area contributed by atoms with Gasteiger partial charge in [-0.1, -0.05) is 18.2 Å². The zero-order valence-corrected chi connectivity index (χ0v) is 12.0. The van der Waals surface area contributed by atoms with E-state index in [0.717, 1.165) is 21.6 Å². The van der Waals surface area contributed by atoms with Gasteiger partial charge in [0, 0.05) is 11.1 Å². The highest BCUT2D eigenvalue weighted by atomic mass is 16.5. The van der Waals surface area contributed by atoms with Gasteiger partial charge in [0.25, 0.3) is 0 Å². The third kappa shape index (κ3) is 2.99. The van der Waals surface area contributed by atoms with E-state index in [4.69, 9.17) is 4.74 Å². The molecule has 3 nitrogen and oxygen atoms in total. The summed E-state index contributed by atoms with van der Waals surface area (Å²) in [6.07, 6.45) is 0. The fraction of sp³-hybridized carbons (Fsp3) is 0.235. The summed E-state index contributed by atoms with van der Waals surface area (Å²) in [5.74, 6) is 0.781. The number of ether oxygens (including phenoxy) is 1. The molecule has 2 aromatic carbocycles. The van der Waals surface area contributed by atoms with Crippen molar-refractivity contribution in [3.05, 3.63) is 70.9 Å². The monoisotopic (exact) mass is 269 g/mol. The molecule has 2 rings (SSSR count). The largest absolute Gasteiger partial charge is 0.623 e. The number of methoxy groups -OCH3 is 1. The molecule has 0 atom stereocenters. The first-order valence-electron chi connectivity index (χ1n) is 6.66. The Morgan fingerprint density at radius 1 is 0.950 bits per heavy atom. The second-order valence-corrected chi connectivity index (χ2v) is 4.86. The maximum Gasteiger partial charge on any atom is 0.225 e. The molecule has 20 heavy (non-hydrogen) atoms. The van der Waals surface area contributed by atoms with Crippen LogP contribution in [0.15, 0.2) is 54.6 Å². The van der Waals surface area contributed by atoms with Crippen LogP contribution in [0.3, 0.4) is 0 Å². The van der Waals surface area contributed by atoms with Gasteiger partial charge in [0.2, 0.25) is 5.71 Å². The van der Waals surface area contributed by atoms with Crippen LogP contribution in [0.5, 0.6) is 5.75 Å². The molecule has 0 saturated heterocycles. The quantitative estimate of drug-likeness (QED) is 0.369. The maximum absolute atomic E-state index is 12.4. The predicted molar refractivity (Wildman–Crippen MR) is 81.4 cm³/mol. The molecule has 104 valence electrons. The molecule has 0 aromatic heterocycles. The first-order chi connectivity index (χ1) is 9.63. The van der Waals surface area contributed by atoms with Gasteiger partial charge in [0.1, 0.15) is 5.75 Å². The van der Waals surface area contributed by atoms with E-state index in [9.17, 15) is 5.21 Å². The smallest absolute Gasteiger partial charge is 0.225 e. The Bertz CT molecular complexity index is 586. The van der Waals surface area contributed by atoms with Crippen molar-refractivity contribution in [3.8, 4) is 5.75 Å². The van der Waals surface area contributed by atoms with E-state index in [1.165, 1.54) is 0 Å². The molecular weight excluding hydrogens is 250 g/mol. The van der Waals surface area contributed by atoms with Crippen LogP contribution in [0.1, 0.15) is 25.0 Å². The number of hydroxylamine groups is 1. The Morgan fingerprint density at radius 3 is 2.00 bits per heavy atom. The predicted octanol–water partition coefficient (Wildman–Crippen LogP) is 3.45. The van der Waals surface area contributed by atoms with Gasteiger partial charge >= 0.3 is 0 Å². The number of nitrogens with zero attached hydrogens (tertiary/aromatic N) is 1. The fourth-order valence-electron chi connectivity index (χ4n) is 2.02. The van der Waals surface area contributed by atoms with Crippen molar-refractivity contribution in [3.63, 3.8) is 0 Å². The lowest BCUT2D eigenvalue weighted by molar-refractivity contribution is -0.491. The van der Waals surface area contributed by atoms with E-state index < -0.39 is 0 Å². The molecule has 0 heterocycles. The van der Waals surface area contributed by atoms with E-state index in [-0.39, 0.29) is 6.04 Å². The van der Waals surface area contributed by atoms with E-state index in [1.807, 2.05) is 68.4 Å². The van der Waals surface area contributed by atoms with Gasteiger partial charge in [-0.05, 0) is 50.2 Å². The average molecular weight is 269 g/mol. The van der Waals surface area contributed by atoms with Gasteiger partial charge in [-0.2, -0.15) is 0 Å². The summed E-state index contributed by atoms with van der Waals surface area (Å²) < 4.78 is 6.21. The van der Waals surface area contributed by atoms with Crippen LogP contribution >= 0.6 is 0 Å². The Labute approximate surface area is 119 Å². The van der Waals surface area contributed by atoms with Crippen molar-refractivity contribution in [2.75, 3.05) is 7.11 Å². The minimum absolute atomic E-state index is 0.118. The number of benzene rings is 2. The maximum atomic E-state index is 12.4. The van der Waals surface area contributed by atoms with Gasteiger partial charge in [-0.15, -0.1) is 0 Å². The summed E-state index contributed by atoms with van der Waals surface area (Å²) >= 11 is 0.